The zero-order valence-electron chi connectivity index (χ0n) is 16.2. The first kappa shape index (κ1) is 20.1. The van der Waals surface area contributed by atoms with Crippen LogP contribution in [0.4, 0.5) is 4.79 Å². The first-order chi connectivity index (χ1) is 14.1. The molecule has 1 amide bonds. The van der Waals surface area contributed by atoms with Crippen molar-refractivity contribution in [3.8, 4) is 11.3 Å². The highest BCUT2D eigenvalue weighted by Crippen LogP contribution is 2.19. The Hall–Kier alpha value is -3.68. The van der Waals surface area contributed by atoms with E-state index in [0.717, 1.165) is 11.1 Å². The maximum absolute atomic E-state index is 12.3. The molecule has 0 saturated carbocycles. The fraction of sp³-hybridized carbons (Fsp3) is 0.238. The Morgan fingerprint density at radius 2 is 1.72 bits per heavy atom. The number of alkyl carbamates (subject to hydrolysis) is 1. The minimum atomic E-state index is -0.992. The van der Waals surface area contributed by atoms with Crippen LogP contribution in [-0.4, -0.2) is 40.2 Å². The topological polar surface area (TPSA) is 95.3 Å². The monoisotopic (exact) mass is 394 g/mol. The van der Waals surface area contributed by atoms with Crippen LogP contribution in [0.3, 0.4) is 0 Å². The first-order valence-electron chi connectivity index (χ1n) is 9.11. The maximum Gasteiger partial charge on any atom is 0.408 e. The van der Waals surface area contributed by atoms with Gasteiger partial charge < -0.3 is 14.8 Å². The van der Waals surface area contributed by atoms with Crippen molar-refractivity contribution in [2.45, 2.75) is 25.6 Å². The summed E-state index contributed by atoms with van der Waals surface area (Å²) < 4.78 is 11.6. The van der Waals surface area contributed by atoms with Crippen molar-refractivity contribution in [2.24, 2.45) is 0 Å². The number of amides is 1. The molecule has 8 heteroatoms. The fourth-order valence-electron chi connectivity index (χ4n) is 2.76. The van der Waals surface area contributed by atoms with Gasteiger partial charge in [-0.2, -0.15) is 0 Å². The Morgan fingerprint density at radius 1 is 1.07 bits per heavy atom. The van der Waals surface area contributed by atoms with Gasteiger partial charge in [0.15, 0.2) is 6.04 Å². The lowest BCUT2D eigenvalue weighted by molar-refractivity contribution is -0.144. The Labute approximate surface area is 168 Å². The molecule has 0 aliphatic heterocycles. The van der Waals surface area contributed by atoms with Crippen LogP contribution in [-0.2, 0) is 20.9 Å². The smallest absolute Gasteiger partial charge is 0.408 e. The third-order valence-electron chi connectivity index (χ3n) is 4.42. The van der Waals surface area contributed by atoms with Gasteiger partial charge in [-0.3, -0.25) is 0 Å². The maximum atomic E-state index is 12.3. The number of nitrogens with zero attached hydrogens (tertiary/aromatic N) is 3. The predicted octanol–water partition coefficient (Wildman–Crippen LogP) is 2.97. The Bertz CT molecular complexity index is 944. The standard InChI is InChI=1S/C21H22N4O4/c1-15(25-13-18(23-24-25)17-11-7-4-8-12-17)19(20(26)28-2)22-21(27)29-14-16-9-5-3-6-10-16/h3-13,15,19H,14H2,1-2H3,(H,22,27)/t15?,19-/m0/s1. The SMILES string of the molecule is COC(=O)[C@@H](NC(=O)OCc1ccccc1)C(C)n1cc(-c2ccccc2)nn1. The molecule has 1 unspecified atom stereocenters. The van der Waals surface area contributed by atoms with E-state index in [-0.39, 0.29) is 6.61 Å². The van der Waals surface area contributed by atoms with E-state index in [1.807, 2.05) is 60.7 Å². The summed E-state index contributed by atoms with van der Waals surface area (Å²) in [7, 11) is 1.26. The third kappa shape index (κ3) is 5.19. The highest BCUT2D eigenvalue weighted by Gasteiger charge is 2.30. The van der Waals surface area contributed by atoms with E-state index in [1.165, 1.54) is 11.8 Å². The van der Waals surface area contributed by atoms with Crippen molar-refractivity contribution >= 4 is 12.1 Å². The zero-order valence-corrected chi connectivity index (χ0v) is 16.2. The molecule has 29 heavy (non-hydrogen) atoms. The third-order valence-corrected chi connectivity index (χ3v) is 4.42. The highest BCUT2D eigenvalue weighted by molar-refractivity contribution is 5.81. The largest absolute Gasteiger partial charge is 0.467 e. The van der Waals surface area contributed by atoms with Crippen molar-refractivity contribution < 1.29 is 19.1 Å². The van der Waals surface area contributed by atoms with E-state index in [9.17, 15) is 9.59 Å². The highest BCUT2D eigenvalue weighted by atomic mass is 16.6. The number of aromatic nitrogens is 3. The van der Waals surface area contributed by atoms with Crippen LogP contribution in [0.2, 0.25) is 0 Å². The number of carbonyl (C=O) groups is 2. The first-order valence-corrected chi connectivity index (χ1v) is 9.11. The molecule has 1 heterocycles. The number of nitrogens with one attached hydrogen (secondary N) is 1. The van der Waals surface area contributed by atoms with E-state index in [2.05, 4.69) is 15.6 Å². The molecule has 0 aliphatic rings. The number of ether oxygens (including phenoxy) is 2. The molecular formula is C21H22N4O4. The molecule has 0 saturated heterocycles. The van der Waals surface area contributed by atoms with Crippen molar-refractivity contribution in [1.29, 1.82) is 0 Å². The van der Waals surface area contributed by atoms with Crippen molar-refractivity contribution in [1.82, 2.24) is 20.3 Å². The van der Waals surface area contributed by atoms with Crippen LogP contribution < -0.4 is 5.32 Å². The molecule has 150 valence electrons. The molecule has 8 nitrogen and oxygen atoms in total. The summed E-state index contributed by atoms with van der Waals surface area (Å²) in [4.78, 5) is 24.5. The van der Waals surface area contributed by atoms with Gasteiger partial charge in [0, 0.05) is 5.56 Å². The molecule has 1 aromatic heterocycles. The Balaban J connectivity index is 1.68. The van der Waals surface area contributed by atoms with Gasteiger partial charge in [0.2, 0.25) is 0 Å². The summed E-state index contributed by atoms with van der Waals surface area (Å²) in [6.45, 7) is 1.83. The summed E-state index contributed by atoms with van der Waals surface area (Å²) >= 11 is 0. The summed E-state index contributed by atoms with van der Waals surface area (Å²) in [5.74, 6) is -0.606. The van der Waals surface area contributed by atoms with Gasteiger partial charge in [-0.1, -0.05) is 65.9 Å². The number of rotatable bonds is 7. The average Bonchev–Trinajstić information content (AvgIpc) is 3.27. The van der Waals surface area contributed by atoms with E-state index in [1.54, 1.807) is 13.1 Å². The van der Waals surface area contributed by atoms with Gasteiger partial charge in [0.1, 0.15) is 12.3 Å². The van der Waals surface area contributed by atoms with Crippen LogP contribution in [0.5, 0.6) is 0 Å². The van der Waals surface area contributed by atoms with Crippen molar-refractivity contribution in [2.75, 3.05) is 7.11 Å². The molecule has 3 aromatic rings. The lowest BCUT2D eigenvalue weighted by atomic mass is 10.1. The molecule has 0 spiro atoms. The summed E-state index contributed by atoms with van der Waals surface area (Å²) in [6, 6.07) is 17.3. The van der Waals surface area contributed by atoms with Crippen molar-refractivity contribution in [3.63, 3.8) is 0 Å². The second-order valence-corrected chi connectivity index (χ2v) is 6.40. The molecule has 0 fully saturated rings. The van der Waals surface area contributed by atoms with Crippen molar-refractivity contribution in [3.05, 3.63) is 72.4 Å². The molecule has 1 N–H and O–H groups in total. The van der Waals surface area contributed by atoms with Crippen LogP contribution in [0.15, 0.2) is 66.9 Å². The summed E-state index contributed by atoms with van der Waals surface area (Å²) in [5, 5.41) is 10.8. The van der Waals surface area contributed by atoms with E-state index in [4.69, 9.17) is 9.47 Å². The molecule has 2 atom stereocenters. The normalized spacial score (nSPS) is 12.6. The van der Waals surface area contributed by atoms with Crippen LogP contribution >= 0.6 is 0 Å². The minimum absolute atomic E-state index is 0.0937. The molecular weight excluding hydrogens is 372 g/mol. The minimum Gasteiger partial charge on any atom is -0.467 e. The number of methoxy groups -OCH3 is 1. The average molecular weight is 394 g/mol. The van der Waals surface area contributed by atoms with Crippen LogP contribution in [0.25, 0.3) is 11.3 Å². The number of hydrogen-bond donors (Lipinski definition) is 1. The second kappa shape index (κ2) is 9.50. The van der Waals surface area contributed by atoms with Crippen LogP contribution in [0.1, 0.15) is 18.5 Å². The van der Waals surface area contributed by atoms with E-state index >= 15 is 0 Å². The molecule has 0 aliphatic carbocycles. The Kier molecular flexibility index (Phi) is 6.57. The predicted molar refractivity (Wildman–Crippen MR) is 106 cm³/mol. The summed E-state index contributed by atoms with van der Waals surface area (Å²) in [5.41, 5.74) is 2.40. The van der Waals surface area contributed by atoms with Crippen LogP contribution in [0, 0.1) is 0 Å². The fourth-order valence-corrected chi connectivity index (χ4v) is 2.76. The van der Waals surface area contributed by atoms with E-state index < -0.39 is 24.1 Å². The Morgan fingerprint density at radius 3 is 2.38 bits per heavy atom. The molecule has 2 aromatic carbocycles. The van der Waals surface area contributed by atoms with Gasteiger partial charge in [-0.05, 0) is 12.5 Å². The van der Waals surface area contributed by atoms with Gasteiger partial charge in [0.25, 0.3) is 0 Å². The lowest BCUT2D eigenvalue weighted by Crippen LogP contribution is -2.46. The molecule has 0 bridgehead atoms. The van der Waals surface area contributed by atoms with Gasteiger partial charge in [-0.15, -0.1) is 5.10 Å². The quantitative estimate of drug-likeness (QED) is 0.619. The summed E-state index contributed by atoms with van der Waals surface area (Å²) in [6.07, 6.45) is 0.993. The zero-order chi connectivity index (χ0) is 20.6. The van der Waals surface area contributed by atoms with Gasteiger partial charge in [-0.25, -0.2) is 14.3 Å². The second-order valence-electron chi connectivity index (χ2n) is 6.40. The lowest BCUT2D eigenvalue weighted by Gasteiger charge is -2.22. The molecule has 3 rings (SSSR count). The van der Waals surface area contributed by atoms with E-state index in [0.29, 0.717) is 5.69 Å². The molecule has 0 radical (unpaired) electrons. The number of esters is 1. The number of hydrogen-bond acceptors (Lipinski definition) is 6. The van der Waals surface area contributed by atoms with Gasteiger partial charge in [0.05, 0.1) is 19.3 Å². The number of carbonyl (C=O) groups excluding carboxylic acids is 2. The van der Waals surface area contributed by atoms with Gasteiger partial charge >= 0.3 is 12.1 Å². The number of benzene rings is 2.